The summed E-state index contributed by atoms with van der Waals surface area (Å²) < 4.78 is 6.94. The molecule has 0 saturated carbocycles. The van der Waals surface area contributed by atoms with Gasteiger partial charge in [0.1, 0.15) is 41.1 Å². The quantitative estimate of drug-likeness (QED) is 0.502. The normalized spacial score (nSPS) is 35.4. The molecular weight excluding hydrogens is 312 g/mol. The fourth-order valence-corrected chi connectivity index (χ4v) is 3.46. The Kier molecular flexibility index (Phi) is 4.00. The van der Waals surface area contributed by atoms with Crippen LogP contribution in [0.15, 0.2) is 11.2 Å². The molecule has 0 amide bonds. The van der Waals surface area contributed by atoms with Crippen LogP contribution in [0.2, 0.25) is 0 Å². The molecule has 3 rings (SSSR count). The number of aliphatic hydroxyl groups is 4. The van der Waals surface area contributed by atoms with Crippen molar-refractivity contribution in [1.82, 2.24) is 15.0 Å². The van der Waals surface area contributed by atoms with Crippen LogP contribution in [0.5, 0.6) is 0 Å². The van der Waals surface area contributed by atoms with Gasteiger partial charge in [-0.2, -0.15) is 4.68 Å². The standard InChI is InChI=1S/C12H18N4O5S/c1-12(2,20)6-3-16(15-14-6)11-13-7-9(19)8(18)5(4-17)21-10(7)22-11/h3,5,7-10,17-20H,4H2,1-2H3/t5-,7-,8-,9-,10-/m1/s1. The third kappa shape index (κ3) is 2.66. The van der Waals surface area contributed by atoms with E-state index >= 15 is 0 Å². The summed E-state index contributed by atoms with van der Waals surface area (Å²) in [5, 5.41) is 47.3. The van der Waals surface area contributed by atoms with Gasteiger partial charge in [-0.3, -0.25) is 4.99 Å². The van der Waals surface area contributed by atoms with Crippen LogP contribution < -0.4 is 0 Å². The van der Waals surface area contributed by atoms with E-state index in [0.29, 0.717) is 10.9 Å². The van der Waals surface area contributed by atoms with Crippen LogP contribution in [-0.2, 0) is 10.3 Å². The molecule has 0 aliphatic carbocycles. The molecule has 0 bridgehead atoms. The van der Waals surface area contributed by atoms with Crippen LogP contribution in [0.3, 0.4) is 0 Å². The number of aliphatic hydroxyl groups excluding tert-OH is 3. The first-order valence-electron chi connectivity index (χ1n) is 6.83. The highest BCUT2D eigenvalue weighted by molar-refractivity contribution is 8.14. The lowest BCUT2D eigenvalue weighted by molar-refractivity contribution is -0.164. The Labute approximate surface area is 130 Å². The van der Waals surface area contributed by atoms with Crippen LogP contribution >= 0.6 is 11.8 Å². The molecule has 1 fully saturated rings. The summed E-state index contributed by atoms with van der Waals surface area (Å²) in [6, 6.07) is -0.646. The lowest BCUT2D eigenvalue weighted by Crippen LogP contribution is -2.55. The lowest BCUT2D eigenvalue weighted by Gasteiger charge is -2.37. The fraction of sp³-hybridized carbons (Fsp3) is 0.750. The maximum atomic E-state index is 10.1. The Morgan fingerprint density at radius 2 is 2.09 bits per heavy atom. The number of hydrogen-bond acceptors (Lipinski definition) is 9. The number of aromatic nitrogens is 3. The average molecular weight is 330 g/mol. The van der Waals surface area contributed by atoms with Gasteiger partial charge in [0.15, 0.2) is 5.17 Å². The number of thioether (sulfide) groups is 1. The number of fused-ring (bicyclic) bond motifs is 1. The van der Waals surface area contributed by atoms with Crippen LogP contribution in [0.4, 0.5) is 0 Å². The summed E-state index contributed by atoms with van der Waals surface area (Å²) in [7, 11) is 0. The average Bonchev–Trinajstić information content (AvgIpc) is 3.08. The van der Waals surface area contributed by atoms with Gasteiger partial charge in [-0.1, -0.05) is 17.0 Å². The molecule has 0 radical (unpaired) electrons. The predicted octanol–water partition coefficient (Wildman–Crippen LogP) is -1.74. The van der Waals surface area contributed by atoms with Gasteiger partial charge in [0, 0.05) is 0 Å². The van der Waals surface area contributed by atoms with Gasteiger partial charge in [-0.25, -0.2) is 0 Å². The van der Waals surface area contributed by atoms with Gasteiger partial charge >= 0.3 is 0 Å². The van der Waals surface area contributed by atoms with Crippen LogP contribution in [-0.4, -0.2) is 77.0 Å². The maximum absolute atomic E-state index is 10.1. The van der Waals surface area contributed by atoms with Crippen molar-refractivity contribution in [3.63, 3.8) is 0 Å². The molecule has 10 heteroatoms. The summed E-state index contributed by atoms with van der Waals surface area (Å²) in [6.07, 6.45) is -1.62. The van der Waals surface area contributed by atoms with E-state index in [1.807, 2.05) is 0 Å². The Balaban J connectivity index is 1.82. The lowest BCUT2D eigenvalue weighted by atomic mass is 9.99. The number of nitrogens with zero attached hydrogens (tertiary/aromatic N) is 4. The van der Waals surface area contributed by atoms with Crippen molar-refractivity contribution in [2.45, 2.75) is 49.2 Å². The Bertz CT molecular complexity index is 586. The molecule has 2 aliphatic heterocycles. The second-order valence-corrected chi connectivity index (χ2v) is 6.90. The maximum Gasteiger partial charge on any atom is 0.188 e. The minimum atomic E-state index is -1.20. The summed E-state index contributed by atoms with van der Waals surface area (Å²) in [4.78, 5) is 4.32. The van der Waals surface area contributed by atoms with Crippen molar-refractivity contribution >= 4 is 16.9 Å². The molecule has 2 aliphatic rings. The topological polar surface area (TPSA) is 133 Å². The zero-order valence-corrected chi connectivity index (χ0v) is 12.9. The highest BCUT2D eigenvalue weighted by Gasteiger charge is 2.48. The zero-order chi connectivity index (χ0) is 16.1. The third-order valence-corrected chi connectivity index (χ3v) is 4.77. The van der Waals surface area contributed by atoms with E-state index in [-0.39, 0.29) is 6.61 Å². The van der Waals surface area contributed by atoms with Crippen molar-refractivity contribution in [3.05, 3.63) is 11.9 Å². The van der Waals surface area contributed by atoms with Gasteiger partial charge in [0.25, 0.3) is 0 Å². The molecule has 0 unspecified atom stereocenters. The number of rotatable bonds is 2. The Hall–Kier alpha value is -1.04. The van der Waals surface area contributed by atoms with E-state index in [1.54, 1.807) is 20.0 Å². The molecule has 0 spiro atoms. The molecule has 122 valence electrons. The largest absolute Gasteiger partial charge is 0.394 e. The number of ether oxygens (including phenoxy) is 1. The van der Waals surface area contributed by atoms with E-state index < -0.39 is 35.4 Å². The highest BCUT2D eigenvalue weighted by Crippen LogP contribution is 2.36. The third-order valence-electron chi connectivity index (χ3n) is 3.65. The zero-order valence-electron chi connectivity index (χ0n) is 12.1. The predicted molar refractivity (Wildman–Crippen MR) is 77.2 cm³/mol. The molecule has 4 N–H and O–H groups in total. The van der Waals surface area contributed by atoms with Crippen molar-refractivity contribution in [1.29, 1.82) is 0 Å². The van der Waals surface area contributed by atoms with Gasteiger partial charge in [0.2, 0.25) is 0 Å². The molecular formula is C12H18N4O5S. The molecule has 22 heavy (non-hydrogen) atoms. The summed E-state index contributed by atoms with van der Waals surface area (Å²) in [6.45, 7) is 2.81. The van der Waals surface area contributed by atoms with Crippen molar-refractivity contribution in [3.8, 4) is 0 Å². The fourth-order valence-electron chi connectivity index (χ4n) is 2.31. The van der Waals surface area contributed by atoms with E-state index in [0.717, 1.165) is 0 Å². The first-order valence-corrected chi connectivity index (χ1v) is 7.71. The minimum absolute atomic E-state index is 0.385. The van der Waals surface area contributed by atoms with Gasteiger partial charge < -0.3 is 25.2 Å². The summed E-state index contributed by atoms with van der Waals surface area (Å²) in [5.74, 6) is 0. The Morgan fingerprint density at radius 1 is 1.36 bits per heavy atom. The first-order chi connectivity index (χ1) is 10.3. The van der Waals surface area contributed by atoms with Gasteiger partial charge in [-0.05, 0) is 13.8 Å². The Morgan fingerprint density at radius 3 is 2.68 bits per heavy atom. The van der Waals surface area contributed by atoms with E-state index in [2.05, 4.69) is 15.3 Å². The smallest absolute Gasteiger partial charge is 0.188 e. The van der Waals surface area contributed by atoms with Crippen LogP contribution in [0, 0.1) is 0 Å². The van der Waals surface area contributed by atoms with Gasteiger partial charge in [-0.15, -0.1) is 5.10 Å². The van der Waals surface area contributed by atoms with Crippen molar-refractivity contribution in [2.24, 2.45) is 4.99 Å². The molecule has 3 heterocycles. The second-order valence-electron chi connectivity index (χ2n) is 5.83. The van der Waals surface area contributed by atoms with Crippen LogP contribution in [0.25, 0.3) is 0 Å². The number of aliphatic imine (C=N–C) groups is 1. The van der Waals surface area contributed by atoms with E-state index in [4.69, 9.17) is 4.74 Å². The first kappa shape index (κ1) is 15.8. The molecule has 1 aromatic rings. The SMILES string of the molecule is CC(C)(O)c1cn(C2=N[C@@H]3[C@@H](O)[C@H](O)[C@@H](CO)O[C@@H]3S2)nn1. The van der Waals surface area contributed by atoms with Crippen molar-refractivity contribution < 1.29 is 25.2 Å². The minimum Gasteiger partial charge on any atom is -0.394 e. The molecule has 9 nitrogen and oxygen atoms in total. The molecule has 0 aromatic carbocycles. The molecule has 1 saturated heterocycles. The monoisotopic (exact) mass is 330 g/mol. The van der Waals surface area contributed by atoms with Crippen LogP contribution in [0.1, 0.15) is 19.5 Å². The van der Waals surface area contributed by atoms with Crippen molar-refractivity contribution in [2.75, 3.05) is 6.61 Å². The number of hydrogen-bond donors (Lipinski definition) is 4. The molecule has 1 aromatic heterocycles. The van der Waals surface area contributed by atoms with E-state index in [9.17, 15) is 20.4 Å². The second kappa shape index (κ2) is 5.55. The molecule has 5 atom stereocenters. The van der Waals surface area contributed by atoms with E-state index in [1.165, 1.54) is 16.4 Å². The van der Waals surface area contributed by atoms with Gasteiger partial charge in [0.05, 0.1) is 12.8 Å². The summed E-state index contributed by atoms with van der Waals surface area (Å²) >= 11 is 1.22. The summed E-state index contributed by atoms with van der Waals surface area (Å²) in [5.41, 5.74) is -1.25. The highest BCUT2D eigenvalue weighted by atomic mass is 32.2.